The van der Waals surface area contributed by atoms with Crippen LogP contribution in [-0.2, 0) is 27.7 Å². The van der Waals surface area contributed by atoms with E-state index in [9.17, 15) is 31.9 Å². The Labute approximate surface area is 209 Å². The molecule has 0 saturated heterocycles. The van der Waals surface area contributed by atoms with Gasteiger partial charge in [-0.1, -0.05) is 54.6 Å². The Hall–Kier alpha value is -4.04. The molecule has 0 aromatic heterocycles. The fourth-order valence-corrected chi connectivity index (χ4v) is 4.19. The summed E-state index contributed by atoms with van der Waals surface area (Å²) in [7, 11) is 1.23. The molecule has 0 bridgehead atoms. The van der Waals surface area contributed by atoms with Gasteiger partial charge in [0.1, 0.15) is 17.2 Å². The van der Waals surface area contributed by atoms with Crippen LogP contribution in [0.1, 0.15) is 27.8 Å². The van der Waals surface area contributed by atoms with Gasteiger partial charge < -0.3 is 9.84 Å². The van der Waals surface area contributed by atoms with Gasteiger partial charge in [-0.05, 0) is 64.2 Å². The molecule has 4 aromatic carbocycles. The molecule has 0 amide bonds. The van der Waals surface area contributed by atoms with Crippen LogP contribution in [0.2, 0.25) is 0 Å². The van der Waals surface area contributed by atoms with Crippen molar-refractivity contribution in [1.82, 2.24) is 0 Å². The van der Waals surface area contributed by atoms with Gasteiger partial charge in [0.25, 0.3) is 0 Å². The predicted octanol–water partition coefficient (Wildman–Crippen LogP) is 6.65. The minimum absolute atomic E-state index is 0.115. The smallest absolute Gasteiger partial charge is 0.416 e. The molecule has 37 heavy (non-hydrogen) atoms. The first kappa shape index (κ1) is 26.0. The molecule has 0 unspecified atom stereocenters. The van der Waals surface area contributed by atoms with Gasteiger partial charge in [0.05, 0.1) is 19.1 Å². The van der Waals surface area contributed by atoms with Crippen molar-refractivity contribution in [1.29, 1.82) is 0 Å². The lowest BCUT2D eigenvalue weighted by molar-refractivity contribution is -0.140. The second-order valence-electron chi connectivity index (χ2n) is 8.43. The highest BCUT2D eigenvalue weighted by molar-refractivity contribution is 5.76. The maximum atomic E-state index is 13.8. The summed E-state index contributed by atoms with van der Waals surface area (Å²) in [5, 5.41) is 12.2. The third-order valence-corrected chi connectivity index (χ3v) is 6.10. The van der Waals surface area contributed by atoms with Crippen molar-refractivity contribution < 1.29 is 36.6 Å². The van der Waals surface area contributed by atoms with E-state index in [4.69, 9.17) is 4.74 Å². The molecule has 8 heteroatoms. The molecule has 0 saturated carbocycles. The van der Waals surface area contributed by atoms with E-state index < -0.39 is 34.9 Å². The fraction of sp³-hybridized carbons (Fsp3) is 0.138. The lowest BCUT2D eigenvalue weighted by Crippen LogP contribution is -2.30. The Morgan fingerprint density at radius 2 is 1.24 bits per heavy atom. The Kier molecular flexibility index (Phi) is 7.14. The van der Waals surface area contributed by atoms with Gasteiger partial charge in [0.2, 0.25) is 0 Å². The highest BCUT2D eigenvalue weighted by atomic mass is 19.4. The van der Waals surface area contributed by atoms with Crippen LogP contribution in [0.15, 0.2) is 91.0 Å². The topological polar surface area (TPSA) is 46.5 Å². The molecule has 0 aliphatic rings. The summed E-state index contributed by atoms with van der Waals surface area (Å²) in [6, 6.07) is 19.2. The summed E-state index contributed by atoms with van der Waals surface area (Å²) in [5.41, 5.74) is -0.933. The van der Waals surface area contributed by atoms with Crippen LogP contribution in [0, 0.1) is 11.6 Å². The molecule has 3 nitrogen and oxygen atoms in total. The Balaban J connectivity index is 1.98. The minimum atomic E-state index is -4.54. The number of carbonyl (C=O) groups excluding carboxylic acids is 1. The third-order valence-electron chi connectivity index (χ3n) is 6.10. The van der Waals surface area contributed by atoms with E-state index in [1.807, 2.05) is 0 Å². The summed E-state index contributed by atoms with van der Waals surface area (Å²) in [5.74, 6) is -1.61. The standard InChI is InChI=1S/C29H21F5O3/c1-37-27(35)17-18-2-15-26(25(16-18)19-3-5-22(6-4-19)29(32,33)34)28(36,20-7-11-23(30)12-8-20)21-9-13-24(31)14-10-21/h2-16,36H,17H2,1H3. The van der Waals surface area contributed by atoms with E-state index in [0.717, 1.165) is 36.4 Å². The van der Waals surface area contributed by atoms with Gasteiger partial charge in [-0.15, -0.1) is 0 Å². The molecule has 0 aliphatic heterocycles. The normalized spacial score (nSPS) is 11.9. The first-order chi connectivity index (χ1) is 17.5. The Morgan fingerprint density at radius 1 is 0.757 bits per heavy atom. The molecule has 1 N–H and O–H groups in total. The largest absolute Gasteiger partial charge is 0.469 e. The van der Waals surface area contributed by atoms with Gasteiger partial charge in [-0.3, -0.25) is 4.79 Å². The Bertz CT molecular complexity index is 1350. The number of hydrogen-bond acceptors (Lipinski definition) is 3. The maximum Gasteiger partial charge on any atom is 0.416 e. The molecule has 190 valence electrons. The lowest BCUT2D eigenvalue weighted by Gasteiger charge is -2.32. The second kappa shape index (κ2) is 10.1. The van der Waals surface area contributed by atoms with Crippen molar-refractivity contribution in [2.24, 2.45) is 0 Å². The van der Waals surface area contributed by atoms with E-state index in [-0.39, 0.29) is 23.1 Å². The molecule has 0 fully saturated rings. The molecule has 0 radical (unpaired) electrons. The molecule has 0 atom stereocenters. The number of rotatable bonds is 6. The van der Waals surface area contributed by atoms with E-state index in [1.165, 1.54) is 49.6 Å². The van der Waals surface area contributed by atoms with Crippen LogP contribution < -0.4 is 0 Å². The van der Waals surface area contributed by atoms with Gasteiger partial charge >= 0.3 is 12.1 Å². The minimum Gasteiger partial charge on any atom is -0.469 e. The number of esters is 1. The fourth-order valence-electron chi connectivity index (χ4n) is 4.19. The second-order valence-corrected chi connectivity index (χ2v) is 8.43. The zero-order chi connectivity index (χ0) is 26.8. The zero-order valence-electron chi connectivity index (χ0n) is 19.5. The average molecular weight is 512 g/mol. The molecular formula is C29H21F5O3. The van der Waals surface area contributed by atoms with Crippen molar-refractivity contribution in [3.8, 4) is 11.1 Å². The van der Waals surface area contributed by atoms with Crippen molar-refractivity contribution in [2.75, 3.05) is 7.11 Å². The van der Waals surface area contributed by atoms with Gasteiger partial charge in [0.15, 0.2) is 0 Å². The van der Waals surface area contributed by atoms with Crippen molar-refractivity contribution >= 4 is 5.97 Å². The van der Waals surface area contributed by atoms with Crippen LogP contribution in [0.5, 0.6) is 0 Å². The van der Waals surface area contributed by atoms with Gasteiger partial charge in [-0.25, -0.2) is 8.78 Å². The molecule has 4 aromatic rings. The first-order valence-corrected chi connectivity index (χ1v) is 11.1. The number of ether oxygens (including phenoxy) is 1. The monoisotopic (exact) mass is 512 g/mol. The van der Waals surface area contributed by atoms with Crippen LogP contribution in [0.3, 0.4) is 0 Å². The number of benzene rings is 4. The SMILES string of the molecule is COC(=O)Cc1ccc(C(O)(c2ccc(F)cc2)c2ccc(F)cc2)c(-c2ccc(C(F)(F)F)cc2)c1. The quantitative estimate of drug-likeness (QED) is 0.179. The molecular weight excluding hydrogens is 491 g/mol. The number of hydrogen-bond donors (Lipinski definition) is 1. The summed E-state index contributed by atoms with van der Waals surface area (Å²) in [6.07, 6.45) is -4.66. The Morgan fingerprint density at radius 3 is 1.70 bits per heavy atom. The number of alkyl halides is 3. The molecule has 0 aliphatic carbocycles. The molecule has 4 rings (SSSR count). The van der Waals surface area contributed by atoms with E-state index in [2.05, 4.69) is 0 Å². The lowest BCUT2D eigenvalue weighted by atomic mass is 9.76. The predicted molar refractivity (Wildman–Crippen MR) is 128 cm³/mol. The van der Waals surface area contributed by atoms with Crippen LogP contribution in [-0.4, -0.2) is 18.2 Å². The summed E-state index contributed by atoms with van der Waals surface area (Å²) >= 11 is 0. The number of aliphatic hydroxyl groups is 1. The van der Waals surface area contributed by atoms with E-state index in [0.29, 0.717) is 16.7 Å². The maximum absolute atomic E-state index is 13.8. The third kappa shape index (κ3) is 5.39. The summed E-state index contributed by atoms with van der Waals surface area (Å²) in [6.45, 7) is 0. The highest BCUT2D eigenvalue weighted by Gasteiger charge is 2.37. The number of carbonyl (C=O) groups is 1. The van der Waals surface area contributed by atoms with Crippen molar-refractivity contribution in [3.05, 3.63) is 130 Å². The van der Waals surface area contributed by atoms with Crippen LogP contribution in [0.25, 0.3) is 11.1 Å². The zero-order valence-corrected chi connectivity index (χ0v) is 19.5. The van der Waals surface area contributed by atoms with Crippen LogP contribution >= 0.6 is 0 Å². The van der Waals surface area contributed by atoms with Crippen molar-refractivity contribution in [3.63, 3.8) is 0 Å². The van der Waals surface area contributed by atoms with Crippen molar-refractivity contribution in [2.45, 2.75) is 18.2 Å². The van der Waals surface area contributed by atoms with E-state index in [1.54, 1.807) is 12.1 Å². The number of methoxy groups -OCH3 is 1. The first-order valence-electron chi connectivity index (χ1n) is 11.1. The van der Waals surface area contributed by atoms with Gasteiger partial charge in [-0.2, -0.15) is 13.2 Å². The summed E-state index contributed by atoms with van der Waals surface area (Å²) < 4.78 is 71.8. The highest BCUT2D eigenvalue weighted by Crippen LogP contribution is 2.42. The number of halogens is 5. The molecule has 0 heterocycles. The van der Waals surface area contributed by atoms with E-state index >= 15 is 0 Å². The summed E-state index contributed by atoms with van der Waals surface area (Å²) in [4.78, 5) is 11.9. The van der Waals surface area contributed by atoms with Gasteiger partial charge in [0, 0.05) is 5.56 Å². The average Bonchev–Trinajstić information content (AvgIpc) is 2.88. The van der Waals surface area contributed by atoms with Crippen LogP contribution in [0.4, 0.5) is 22.0 Å². The molecule has 0 spiro atoms.